The standard InChI is InChI=1S/C14H22N2O3/c1-11-5-3-4-6-13(11)19-8-7-16-14(17)9-12(10-15)18-2/h3-6,12H,7-10,15H2,1-2H3,(H,16,17). The van der Waals surface area contributed by atoms with Crippen LogP contribution in [0.1, 0.15) is 12.0 Å². The minimum atomic E-state index is -0.225. The number of nitrogens with one attached hydrogen (secondary N) is 1. The van der Waals surface area contributed by atoms with Crippen LogP contribution in [0.15, 0.2) is 24.3 Å². The zero-order chi connectivity index (χ0) is 14.1. The number of aryl methyl sites for hydroxylation is 1. The zero-order valence-corrected chi connectivity index (χ0v) is 11.5. The first-order chi connectivity index (χ1) is 9.17. The van der Waals surface area contributed by atoms with E-state index in [1.165, 1.54) is 0 Å². The molecule has 1 unspecified atom stereocenters. The number of amides is 1. The first-order valence-corrected chi connectivity index (χ1v) is 6.35. The van der Waals surface area contributed by atoms with Crippen molar-refractivity contribution in [1.82, 2.24) is 5.32 Å². The smallest absolute Gasteiger partial charge is 0.222 e. The maximum atomic E-state index is 11.5. The van der Waals surface area contributed by atoms with Gasteiger partial charge in [-0.2, -0.15) is 0 Å². The number of nitrogens with two attached hydrogens (primary N) is 1. The lowest BCUT2D eigenvalue weighted by molar-refractivity contribution is -0.123. The Labute approximate surface area is 114 Å². The highest BCUT2D eigenvalue weighted by Gasteiger charge is 2.10. The summed E-state index contributed by atoms with van der Waals surface area (Å²) in [6.07, 6.45) is 0.0504. The molecule has 0 bridgehead atoms. The van der Waals surface area contributed by atoms with Gasteiger partial charge in [-0.3, -0.25) is 4.79 Å². The van der Waals surface area contributed by atoms with Crippen LogP contribution in [-0.4, -0.2) is 38.8 Å². The molecule has 0 heterocycles. The van der Waals surface area contributed by atoms with E-state index in [0.29, 0.717) is 19.7 Å². The van der Waals surface area contributed by atoms with E-state index in [2.05, 4.69) is 5.32 Å². The maximum Gasteiger partial charge on any atom is 0.222 e. The molecule has 1 aromatic rings. The zero-order valence-electron chi connectivity index (χ0n) is 11.5. The molecule has 106 valence electrons. The van der Waals surface area contributed by atoms with Gasteiger partial charge in [0.1, 0.15) is 12.4 Å². The molecule has 1 atom stereocenters. The molecular weight excluding hydrogens is 244 g/mol. The molecule has 0 aliphatic rings. The Morgan fingerprint density at radius 3 is 2.79 bits per heavy atom. The minimum Gasteiger partial charge on any atom is -0.491 e. The van der Waals surface area contributed by atoms with Crippen LogP contribution in [0.5, 0.6) is 5.75 Å². The van der Waals surface area contributed by atoms with Gasteiger partial charge < -0.3 is 20.5 Å². The lowest BCUT2D eigenvalue weighted by atomic mass is 10.2. The first-order valence-electron chi connectivity index (χ1n) is 6.35. The summed E-state index contributed by atoms with van der Waals surface area (Å²) >= 11 is 0. The minimum absolute atomic E-state index is 0.0781. The second kappa shape index (κ2) is 8.50. The van der Waals surface area contributed by atoms with E-state index in [-0.39, 0.29) is 18.4 Å². The summed E-state index contributed by atoms with van der Waals surface area (Å²) in [7, 11) is 1.55. The van der Waals surface area contributed by atoms with Crippen LogP contribution in [0.3, 0.4) is 0 Å². The first kappa shape index (κ1) is 15.5. The van der Waals surface area contributed by atoms with Crippen molar-refractivity contribution in [3.05, 3.63) is 29.8 Å². The summed E-state index contributed by atoms with van der Waals surface area (Å²) < 4.78 is 10.6. The molecule has 0 saturated heterocycles. The molecule has 1 amide bonds. The van der Waals surface area contributed by atoms with Crippen LogP contribution in [0, 0.1) is 6.92 Å². The summed E-state index contributed by atoms with van der Waals surface area (Å²) in [6, 6.07) is 7.78. The largest absolute Gasteiger partial charge is 0.491 e. The molecule has 0 aliphatic carbocycles. The number of hydrogen-bond acceptors (Lipinski definition) is 4. The van der Waals surface area contributed by atoms with E-state index in [9.17, 15) is 4.79 Å². The fourth-order valence-corrected chi connectivity index (χ4v) is 1.61. The molecule has 1 rings (SSSR count). The predicted molar refractivity (Wildman–Crippen MR) is 74.2 cm³/mol. The lowest BCUT2D eigenvalue weighted by Crippen LogP contribution is -2.34. The van der Waals surface area contributed by atoms with Gasteiger partial charge in [0.05, 0.1) is 19.1 Å². The molecule has 0 aromatic heterocycles. The summed E-state index contributed by atoms with van der Waals surface area (Å²) in [5.74, 6) is 0.763. The number of ether oxygens (including phenoxy) is 2. The van der Waals surface area contributed by atoms with Crippen molar-refractivity contribution in [3.8, 4) is 5.75 Å². The number of benzene rings is 1. The Morgan fingerprint density at radius 2 is 2.16 bits per heavy atom. The van der Waals surface area contributed by atoms with E-state index >= 15 is 0 Å². The molecule has 0 radical (unpaired) electrons. The highest BCUT2D eigenvalue weighted by atomic mass is 16.5. The number of carbonyl (C=O) groups is 1. The number of carbonyl (C=O) groups excluding carboxylic acids is 1. The summed E-state index contributed by atoms with van der Waals surface area (Å²) in [4.78, 5) is 11.5. The van der Waals surface area contributed by atoms with Crippen molar-refractivity contribution in [2.75, 3.05) is 26.8 Å². The Morgan fingerprint density at radius 1 is 1.42 bits per heavy atom. The molecule has 0 spiro atoms. The van der Waals surface area contributed by atoms with Crippen LogP contribution in [0.4, 0.5) is 0 Å². The van der Waals surface area contributed by atoms with E-state index in [4.69, 9.17) is 15.2 Å². The van der Waals surface area contributed by atoms with Gasteiger partial charge in [0.25, 0.3) is 0 Å². The molecule has 19 heavy (non-hydrogen) atoms. The van der Waals surface area contributed by atoms with Crippen molar-refractivity contribution in [2.45, 2.75) is 19.4 Å². The number of hydrogen-bond donors (Lipinski definition) is 2. The van der Waals surface area contributed by atoms with Crippen LogP contribution >= 0.6 is 0 Å². The summed E-state index contributed by atoms with van der Waals surface area (Å²) in [5.41, 5.74) is 6.53. The predicted octanol–water partition coefficient (Wildman–Crippen LogP) is 0.854. The Bertz CT molecular complexity index is 392. The van der Waals surface area contributed by atoms with Crippen molar-refractivity contribution in [2.24, 2.45) is 5.73 Å². The SMILES string of the molecule is COC(CN)CC(=O)NCCOc1ccccc1C. The third-order valence-corrected chi connectivity index (χ3v) is 2.78. The van der Waals surface area contributed by atoms with E-state index in [1.54, 1.807) is 7.11 Å². The molecule has 1 aromatic carbocycles. The van der Waals surface area contributed by atoms with Gasteiger partial charge in [-0.15, -0.1) is 0 Å². The third kappa shape index (κ3) is 5.72. The van der Waals surface area contributed by atoms with Gasteiger partial charge in [0.2, 0.25) is 5.91 Å². The van der Waals surface area contributed by atoms with Gasteiger partial charge >= 0.3 is 0 Å². The molecule has 5 nitrogen and oxygen atoms in total. The number of rotatable bonds is 8. The van der Waals surface area contributed by atoms with Gasteiger partial charge in [-0.1, -0.05) is 18.2 Å². The van der Waals surface area contributed by atoms with Gasteiger partial charge in [0, 0.05) is 13.7 Å². The Balaban J connectivity index is 2.20. The fraction of sp³-hybridized carbons (Fsp3) is 0.500. The van der Waals surface area contributed by atoms with Crippen molar-refractivity contribution in [3.63, 3.8) is 0 Å². The third-order valence-electron chi connectivity index (χ3n) is 2.78. The average Bonchev–Trinajstić information content (AvgIpc) is 2.42. The van der Waals surface area contributed by atoms with Gasteiger partial charge in [-0.25, -0.2) is 0 Å². The van der Waals surface area contributed by atoms with Crippen molar-refractivity contribution in [1.29, 1.82) is 0 Å². The van der Waals surface area contributed by atoms with Crippen LogP contribution in [0.25, 0.3) is 0 Å². The topological polar surface area (TPSA) is 73.6 Å². The highest BCUT2D eigenvalue weighted by Crippen LogP contribution is 2.15. The van der Waals surface area contributed by atoms with Crippen LogP contribution in [-0.2, 0) is 9.53 Å². The quantitative estimate of drug-likeness (QED) is 0.684. The van der Waals surface area contributed by atoms with Crippen molar-refractivity contribution < 1.29 is 14.3 Å². The molecule has 3 N–H and O–H groups in total. The average molecular weight is 266 g/mol. The van der Waals surface area contributed by atoms with Gasteiger partial charge in [-0.05, 0) is 18.6 Å². The van der Waals surface area contributed by atoms with Gasteiger partial charge in [0.15, 0.2) is 0 Å². The van der Waals surface area contributed by atoms with Crippen LogP contribution < -0.4 is 15.8 Å². The second-order valence-corrected chi connectivity index (χ2v) is 4.26. The molecule has 0 saturated carbocycles. The fourth-order valence-electron chi connectivity index (χ4n) is 1.61. The maximum absolute atomic E-state index is 11.5. The highest BCUT2D eigenvalue weighted by molar-refractivity contribution is 5.76. The monoisotopic (exact) mass is 266 g/mol. The van der Waals surface area contributed by atoms with Crippen molar-refractivity contribution >= 4 is 5.91 Å². The number of para-hydroxylation sites is 1. The van der Waals surface area contributed by atoms with E-state index in [0.717, 1.165) is 11.3 Å². The Kier molecular flexibility index (Phi) is 6.92. The molecule has 5 heteroatoms. The Hall–Kier alpha value is -1.59. The normalized spacial score (nSPS) is 11.9. The lowest BCUT2D eigenvalue weighted by Gasteiger charge is -2.13. The number of methoxy groups -OCH3 is 1. The van der Waals surface area contributed by atoms with E-state index < -0.39 is 0 Å². The summed E-state index contributed by atoms with van der Waals surface area (Å²) in [5, 5.41) is 2.77. The molecule has 0 aliphatic heterocycles. The summed E-state index contributed by atoms with van der Waals surface area (Å²) in [6.45, 7) is 3.23. The van der Waals surface area contributed by atoms with E-state index in [1.807, 2.05) is 31.2 Å². The second-order valence-electron chi connectivity index (χ2n) is 4.26. The molecular formula is C14H22N2O3. The van der Waals surface area contributed by atoms with Crippen LogP contribution in [0.2, 0.25) is 0 Å². The molecule has 0 fully saturated rings.